The molecular weight excluding hydrogens is 362 g/mol. The third kappa shape index (κ3) is 5.55. The summed E-state index contributed by atoms with van der Waals surface area (Å²) in [4.78, 5) is 31.3. The van der Waals surface area contributed by atoms with E-state index in [2.05, 4.69) is 10.3 Å². The molecule has 2 amide bonds. The molecule has 1 aromatic heterocycles. The number of carbonyl (C=O) groups excluding carboxylic acids is 2. The van der Waals surface area contributed by atoms with Crippen LogP contribution in [0.2, 0.25) is 0 Å². The molecular formula is C20H23N3O3S. The molecule has 1 aliphatic rings. The van der Waals surface area contributed by atoms with Crippen LogP contribution in [0, 0.1) is 5.92 Å². The average molecular weight is 385 g/mol. The molecule has 1 aliphatic heterocycles. The molecule has 1 fully saturated rings. The van der Waals surface area contributed by atoms with Crippen molar-refractivity contribution in [2.75, 3.05) is 32.1 Å². The van der Waals surface area contributed by atoms with E-state index in [1.165, 1.54) is 5.56 Å². The second-order valence-electron chi connectivity index (χ2n) is 6.40. The van der Waals surface area contributed by atoms with Crippen molar-refractivity contribution in [3.63, 3.8) is 0 Å². The van der Waals surface area contributed by atoms with E-state index < -0.39 is 0 Å². The van der Waals surface area contributed by atoms with E-state index in [1.807, 2.05) is 42.6 Å². The highest BCUT2D eigenvalue weighted by Gasteiger charge is 2.33. The summed E-state index contributed by atoms with van der Waals surface area (Å²) < 4.78 is 5.00. The monoisotopic (exact) mass is 385 g/mol. The number of benzene rings is 1. The summed E-state index contributed by atoms with van der Waals surface area (Å²) in [6.45, 7) is 1.47. The highest BCUT2D eigenvalue weighted by molar-refractivity contribution is 7.98. The fraction of sp³-hybridized carbons (Fsp3) is 0.350. The zero-order valence-corrected chi connectivity index (χ0v) is 16.1. The molecule has 1 N–H and O–H groups in total. The van der Waals surface area contributed by atoms with Gasteiger partial charge in [-0.1, -0.05) is 6.07 Å². The summed E-state index contributed by atoms with van der Waals surface area (Å²) >= 11 is 1.72. The van der Waals surface area contributed by atoms with Gasteiger partial charge in [0.25, 0.3) is 0 Å². The molecule has 1 aromatic carbocycles. The number of nitrogens with one attached hydrogen (secondary N) is 1. The van der Waals surface area contributed by atoms with Crippen LogP contribution in [0.5, 0.6) is 0 Å². The molecule has 6 nitrogen and oxygen atoms in total. The van der Waals surface area contributed by atoms with Gasteiger partial charge >= 0.3 is 0 Å². The molecule has 3 rings (SSSR count). The number of carbonyl (C=O) groups is 2. The highest BCUT2D eigenvalue weighted by Crippen LogP contribution is 2.25. The van der Waals surface area contributed by atoms with Crippen LogP contribution in [0.4, 0.5) is 5.69 Å². The third-order valence-electron chi connectivity index (χ3n) is 4.40. The Labute approximate surface area is 163 Å². The Kier molecular flexibility index (Phi) is 6.84. The number of thioether (sulfide) groups is 1. The van der Waals surface area contributed by atoms with Gasteiger partial charge in [-0.2, -0.15) is 0 Å². The molecule has 0 bridgehead atoms. The molecule has 0 spiro atoms. The Morgan fingerprint density at radius 1 is 1.33 bits per heavy atom. The van der Waals surface area contributed by atoms with Crippen LogP contribution in [-0.2, 0) is 20.1 Å². The summed E-state index contributed by atoms with van der Waals surface area (Å²) in [5.41, 5.74) is 1.91. The second kappa shape index (κ2) is 9.53. The van der Waals surface area contributed by atoms with E-state index in [4.69, 9.17) is 4.74 Å². The first-order valence-corrected chi connectivity index (χ1v) is 9.83. The number of methoxy groups -OCH3 is 1. The first kappa shape index (κ1) is 19.4. The summed E-state index contributed by atoms with van der Waals surface area (Å²) in [5, 5.41) is 2.91. The number of likely N-dealkylation sites (tertiary alicyclic amines) is 1. The van der Waals surface area contributed by atoms with Gasteiger partial charge in [0.05, 0.1) is 12.5 Å². The van der Waals surface area contributed by atoms with Crippen LogP contribution >= 0.6 is 11.8 Å². The van der Waals surface area contributed by atoms with Gasteiger partial charge in [-0.15, -0.1) is 11.8 Å². The summed E-state index contributed by atoms with van der Waals surface area (Å²) in [7, 11) is 1.60. The Morgan fingerprint density at radius 2 is 2.15 bits per heavy atom. The van der Waals surface area contributed by atoms with Crippen LogP contribution in [0.3, 0.4) is 0 Å². The number of ether oxygens (including phenoxy) is 1. The minimum atomic E-state index is -0.311. The van der Waals surface area contributed by atoms with E-state index in [1.54, 1.807) is 30.0 Å². The van der Waals surface area contributed by atoms with E-state index in [-0.39, 0.29) is 24.2 Å². The Morgan fingerprint density at radius 3 is 2.85 bits per heavy atom. The maximum absolute atomic E-state index is 12.4. The molecule has 0 aliphatic carbocycles. The number of anilines is 1. The number of rotatable bonds is 8. The van der Waals surface area contributed by atoms with Crippen molar-refractivity contribution in [1.29, 1.82) is 0 Å². The molecule has 2 heterocycles. The SMILES string of the molecule is COCCN1C[C@@H](C(=O)Nc2ccc(SCc3cccnc3)cc2)CC1=O. The zero-order chi connectivity index (χ0) is 19.1. The molecule has 0 saturated carbocycles. The minimum absolute atomic E-state index is 0.00866. The summed E-state index contributed by atoms with van der Waals surface area (Å²) in [6.07, 6.45) is 3.88. The van der Waals surface area contributed by atoms with Gasteiger partial charge in [-0.3, -0.25) is 14.6 Å². The lowest BCUT2D eigenvalue weighted by Gasteiger charge is -2.15. The Balaban J connectivity index is 1.49. The van der Waals surface area contributed by atoms with Crippen LogP contribution in [0.25, 0.3) is 0 Å². The van der Waals surface area contributed by atoms with E-state index in [9.17, 15) is 9.59 Å². The predicted molar refractivity (Wildman–Crippen MR) is 105 cm³/mol. The van der Waals surface area contributed by atoms with E-state index in [0.717, 1.165) is 16.3 Å². The maximum Gasteiger partial charge on any atom is 0.229 e. The second-order valence-corrected chi connectivity index (χ2v) is 7.45. The van der Waals surface area contributed by atoms with Gasteiger partial charge in [0.2, 0.25) is 11.8 Å². The molecule has 1 atom stereocenters. The Bertz CT molecular complexity index is 768. The van der Waals surface area contributed by atoms with Crippen LogP contribution in [-0.4, -0.2) is 48.5 Å². The molecule has 7 heteroatoms. The van der Waals surface area contributed by atoms with Crippen LogP contribution in [0.15, 0.2) is 53.7 Å². The molecule has 0 radical (unpaired) electrons. The quantitative estimate of drug-likeness (QED) is 0.708. The largest absolute Gasteiger partial charge is 0.383 e. The predicted octanol–water partition coefficient (Wildman–Crippen LogP) is 2.81. The lowest BCUT2D eigenvalue weighted by atomic mass is 10.1. The van der Waals surface area contributed by atoms with E-state index >= 15 is 0 Å². The van der Waals surface area contributed by atoms with Gasteiger partial charge < -0.3 is 15.0 Å². The maximum atomic E-state index is 12.4. The lowest BCUT2D eigenvalue weighted by Crippen LogP contribution is -2.30. The number of hydrogen-bond donors (Lipinski definition) is 1. The average Bonchev–Trinajstić information content (AvgIpc) is 3.07. The minimum Gasteiger partial charge on any atom is -0.383 e. The molecule has 0 unspecified atom stereocenters. The van der Waals surface area contributed by atoms with Gasteiger partial charge in [0, 0.05) is 55.3 Å². The number of pyridine rings is 1. The van der Waals surface area contributed by atoms with Gasteiger partial charge in [0.15, 0.2) is 0 Å². The molecule has 1 saturated heterocycles. The van der Waals surface area contributed by atoms with Crippen molar-refractivity contribution in [3.8, 4) is 0 Å². The van der Waals surface area contributed by atoms with Crippen molar-refractivity contribution < 1.29 is 14.3 Å². The van der Waals surface area contributed by atoms with Crippen molar-refractivity contribution in [1.82, 2.24) is 9.88 Å². The molecule has 2 aromatic rings. The van der Waals surface area contributed by atoms with Crippen molar-refractivity contribution in [2.24, 2.45) is 5.92 Å². The first-order chi connectivity index (χ1) is 13.2. The normalized spacial score (nSPS) is 16.6. The fourth-order valence-corrected chi connectivity index (χ4v) is 3.73. The Hall–Kier alpha value is -2.38. The van der Waals surface area contributed by atoms with Crippen molar-refractivity contribution in [2.45, 2.75) is 17.1 Å². The van der Waals surface area contributed by atoms with Gasteiger partial charge in [0.1, 0.15) is 0 Å². The first-order valence-electron chi connectivity index (χ1n) is 8.85. The number of hydrogen-bond acceptors (Lipinski definition) is 5. The highest BCUT2D eigenvalue weighted by atomic mass is 32.2. The fourth-order valence-electron chi connectivity index (χ4n) is 2.89. The van der Waals surface area contributed by atoms with Crippen molar-refractivity contribution >= 4 is 29.3 Å². The summed E-state index contributed by atoms with van der Waals surface area (Å²) in [6, 6.07) is 11.7. The molecule has 27 heavy (non-hydrogen) atoms. The van der Waals surface area contributed by atoms with Crippen molar-refractivity contribution in [3.05, 3.63) is 54.4 Å². The van der Waals surface area contributed by atoms with Gasteiger partial charge in [-0.25, -0.2) is 0 Å². The summed E-state index contributed by atoms with van der Waals surface area (Å²) in [5.74, 6) is 0.434. The van der Waals surface area contributed by atoms with E-state index in [0.29, 0.717) is 19.7 Å². The van der Waals surface area contributed by atoms with Crippen LogP contribution < -0.4 is 5.32 Å². The number of amides is 2. The van der Waals surface area contributed by atoms with Gasteiger partial charge in [-0.05, 0) is 35.9 Å². The third-order valence-corrected chi connectivity index (χ3v) is 5.48. The smallest absolute Gasteiger partial charge is 0.229 e. The zero-order valence-electron chi connectivity index (χ0n) is 15.3. The standard InChI is InChI=1S/C20H23N3O3S/c1-26-10-9-23-13-16(11-19(23)24)20(25)22-17-4-6-18(7-5-17)27-14-15-3-2-8-21-12-15/h2-8,12,16H,9-11,13-14H2,1H3,(H,22,25)/t16-/m0/s1. The number of nitrogens with zero attached hydrogens (tertiary/aromatic N) is 2. The molecule has 142 valence electrons. The number of aromatic nitrogens is 1. The van der Waals surface area contributed by atoms with Crippen LogP contribution in [0.1, 0.15) is 12.0 Å². The lowest BCUT2D eigenvalue weighted by molar-refractivity contribution is -0.128. The topological polar surface area (TPSA) is 71.5 Å².